The lowest BCUT2D eigenvalue weighted by molar-refractivity contribution is 0.183. The van der Waals surface area contributed by atoms with Gasteiger partial charge in [0.25, 0.3) is 5.95 Å². The van der Waals surface area contributed by atoms with Crippen molar-refractivity contribution in [1.29, 1.82) is 0 Å². The molecule has 0 bridgehead atoms. The minimum Gasteiger partial charge on any atom is -0.481 e. The maximum Gasteiger partial charge on any atom is 0.272 e. The van der Waals surface area contributed by atoms with Crippen LogP contribution in [0.3, 0.4) is 0 Å². The second-order valence-electron chi connectivity index (χ2n) is 4.09. The maximum atomic E-state index is 8.81. The van der Waals surface area contributed by atoms with Crippen LogP contribution in [0.1, 0.15) is 13.8 Å². The Balaban J connectivity index is 4.52. The summed E-state index contributed by atoms with van der Waals surface area (Å²) in [6, 6.07) is 0. The lowest BCUT2D eigenvalue weighted by atomic mass is 10.2. The lowest BCUT2D eigenvalue weighted by Gasteiger charge is -2.25. The summed E-state index contributed by atoms with van der Waals surface area (Å²) in [5.74, 6) is -0.500. The zero-order valence-electron chi connectivity index (χ0n) is 7.97. The van der Waals surface area contributed by atoms with Gasteiger partial charge in [-0.05, 0) is 12.5 Å². The fourth-order valence-electron chi connectivity index (χ4n) is 0.843. The highest BCUT2D eigenvalue weighted by atomic mass is 28.3. The molecular weight excluding hydrogens is 156 g/mol. The van der Waals surface area contributed by atoms with Crippen LogP contribution < -0.4 is 0 Å². The summed E-state index contributed by atoms with van der Waals surface area (Å²) in [6.07, 6.45) is 0. The van der Waals surface area contributed by atoms with E-state index in [1.165, 1.54) is 0 Å². The minimum absolute atomic E-state index is 0.326. The molecule has 0 heterocycles. The van der Waals surface area contributed by atoms with Crippen LogP contribution in [0, 0.1) is 0 Å². The highest BCUT2D eigenvalue weighted by Crippen LogP contribution is 2.29. The Kier molecular flexibility index (Phi) is 3.17. The minimum atomic E-state index is -1.26. The Hall–Kier alpha value is -0.443. The van der Waals surface area contributed by atoms with E-state index in [2.05, 4.69) is 19.6 Å². The van der Waals surface area contributed by atoms with Crippen LogP contribution in [0.25, 0.3) is 0 Å². The average molecular weight is 174 g/mol. The first-order valence-electron chi connectivity index (χ1n) is 3.85. The van der Waals surface area contributed by atoms with Crippen LogP contribution in [-0.4, -0.2) is 18.3 Å². The smallest absolute Gasteiger partial charge is 0.272 e. The van der Waals surface area contributed by atoms with Gasteiger partial charge in [0.1, 0.15) is 0 Å². The van der Waals surface area contributed by atoms with Gasteiger partial charge in [0.05, 0.1) is 8.07 Å². The number of aliphatic hydroxyl groups excluding tert-OH is 1. The van der Waals surface area contributed by atoms with Crippen molar-refractivity contribution in [2.45, 2.75) is 39.0 Å². The third kappa shape index (κ3) is 2.97. The molecule has 2 N–H and O–H groups in total. The van der Waals surface area contributed by atoms with Gasteiger partial charge in [0.2, 0.25) is 0 Å². The predicted molar refractivity (Wildman–Crippen MR) is 50.7 cm³/mol. The van der Waals surface area contributed by atoms with Gasteiger partial charge in [-0.15, -0.1) is 0 Å². The van der Waals surface area contributed by atoms with E-state index >= 15 is 0 Å². The Morgan fingerprint density at radius 3 is 1.64 bits per heavy atom. The van der Waals surface area contributed by atoms with Gasteiger partial charge in [-0.1, -0.05) is 26.6 Å². The Morgan fingerprint density at radius 1 is 1.18 bits per heavy atom. The molecule has 0 aliphatic carbocycles. The SMILES string of the molecule is CC(=C(O)O)[C@@H](C)[Si](C)(C)C. The fourth-order valence-corrected chi connectivity index (χ4v) is 2.27. The summed E-state index contributed by atoms with van der Waals surface area (Å²) in [7, 11) is -1.26. The van der Waals surface area contributed by atoms with Crippen molar-refractivity contribution >= 4 is 8.07 Å². The van der Waals surface area contributed by atoms with Crippen LogP contribution in [0.4, 0.5) is 0 Å². The molecule has 0 rings (SSSR count). The van der Waals surface area contributed by atoms with Crippen LogP contribution in [0.15, 0.2) is 11.5 Å². The molecule has 0 aromatic rings. The van der Waals surface area contributed by atoms with Gasteiger partial charge in [0, 0.05) is 5.57 Å². The van der Waals surface area contributed by atoms with E-state index in [0.29, 0.717) is 11.1 Å². The second kappa shape index (κ2) is 3.30. The largest absolute Gasteiger partial charge is 0.481 e. The van der Waals surface area contributed by atoms with Crippen LogP contribution in [0.5, 0.6) is 0 Å². The molecule has 0 aromatic heterocycles. The molecule has 0 amide bonds. The van der Waals surface area contributed by atoms with Gasteiger partial charge >= 0.3 is 0 Å². The zero-order chi connectivity index (χ0) is 9.23. The predicted octanol–water partition coefficient (Wildman–Crippen LogP) is 3.06. The van der Waals surface area contributed by atoms with Crippen LogP contribution >= 0.6 is 0 Å². The molecule has 0 radical (unpaired) electrons. The van der Waals surface area contributed by atoms with E-state index in [-0.39, 0.29) is 0 Å². The molecule has 3 heteroatoms. The van der Waals surface area contributed by atoms with Gasteiger partial charge in [-0.25, -0.2) is 0 Å². The molecule has 0 spiro atoms. The molecular formula is C8H18O2Si. The van der Waals surface area contributed by atoms with E-state index < -0.39 is 14.0 Å². The van der Waals surface area contributed by atoms with E-state index in [0.717, 1.165) is 0 Å². The van der Waals surface area contributed by atoms with Gasteiger partial charge in [-0.3, -0.25) is 0 Å². The molecule has 1 atom stereocenters. The van der Waals surface area contributed by atoms with E-state index in [9.17, 15) is 0 Å². The Labute approximate surface area is 69.6 Å². The summed E-state index contributed by atoms with van der Waals surface area (Å²) >= 11 is 0. The Morgan fingerprint density at radius 2 is 1.55 bits per heavy atom. The number of hydrogen-bond acceptors (Lipinski definition) is 2. The lowest BCUT2D eigenvalue weighted by Crippen LogP contribution is -2.27. The van der Waals surface area contributed by atoms with Crippen LogP contribution in [-0.2, 0) is 0 Å². The zero-order valence-corrected chi connectivity index (χ0v) is 8.97. The van der Waals surface area contributed by atoms with Crippen molar-refractivity contribution in [1.82, 2.24) is 0 Å². The number of rotatable bonds is 2. The van der Waals surface area contributed by atoms with E-state index in [1.54, 1.807) is 6.92 Å². The Bertz CT molecular complexity index is 163. The first-order valence-corrected chi connectivity index (χ1v) is 7.43. The molecule has 2 nitrogen and oxygen atoms in total. The standard InChI is InChI=1S/C8H18O2Si/c1-6(8(9)10)7(2)11(3,4)5/h7,9-10H,1-5H3/t7-/m1/s1. The molecule has 0 aliphatic heterocycles. The first kappa shape index (κ1) is 10.6. The van der Waals surface area contributed by atoms with E-state index in [1.807, 2.05) is 6.92 Å². The molecule has 0 saturated heterocycles. The molecule has 0 aliphatic rings. The fraction of sp³-hybridized carbons (Fsp3) is 0.750. The highest BCUT2D eigenvalue weighted by molar-refractivity contribution is 6.78. The summed E-state index contributed by atoms with van der Waals surface area (Å²) in [4.78, 5) is 0. The topological polar surface area (TPSA) is 40.5 Å². The van der Waals surface area contributed by atoms with Crippen molar-refractivity contribution in [2.24, 2.45) is 0 Å². The normalized spacial score (nSPS) is 14.3. The third-order valence-electron chi connectivity index (χ3n) is 2.30. The summed E-state index contributed by atoms with van der Waals surface area (Å²) in [5.41, 5.74) is 1.04. The summed E-state index contributed by atoms with van der Waals surface area (Å²) in [6.45, 7) is 10.5. The molecule has 0 fully saturated rings. The molecule has 0 unspecified atom stereocenters. The number of hydrogen-bond donors (Lipinski definition) is 2. The quantitative estimate of drug-likeness (QED) is 0.499. The molecule has 0 aromatic carbocycles. The van der Waals surface area contributed by atoms with Gasteiger partial charge in [-0.2, -0.15) is 0 Å². The third-order valence-corrected chi connectivity index (χ3v) is 5.33. The van der Waals surface area contributed by atoms with Gasteiger partial charge < -0.3 is 10.2 Å². The van der Waals surface area contributed by atoms with Crippen molar-refractivity contribution in [3.05, 3.63) is 11.5 Å². The monoisotopic (exact) mass is 174 g/mol. The molecule has 66 valence electrons. The highest BCUT2D eigenvalue weighted by Gasteiger charge is 2.25. The number of aliphatic hydroxyl groups is 2. The summed E-state index contributed by atoms with van der Waals surface area (Å²) in [5, 5.41) is 17.6. The first-order chi connectivity index (χ1) is 4.76. The second-order valence-corrected chi connectivity index (χ2v) is 9.69. The van der Waals surface area contributed by atoms with Gasteiger partial charge in [0.15, 0.2) is 0 Å². The number of allylic oxidation sites excluding steroid dienone is 1. The van der Waals surface area contributed by atoms with Crippen molar-refractivity contribution in [2.75, 3.05) is 0 Å². The van der Waals surface area contributed by atoms with Crippen molar-refractivity contribution < 1.29 is 10.2 Å². The van der Waals surface area contributed by atoms with Crippen LogP contribution in [0.2, 0.25) is 25.2 Å². The average Bonchev–Trinajstić information content (AvgIpc) is 1.82. The molecule has 0 saturated carbocycles. The maximum absolute atomic E-state index is 8.81. The van der Waals surface area contributed by atoms with Crippen molar-refractivity contribution in [3.8, 4) is 0 Å². The van der Waals surface area contributed by atoms with E-state index in [4.69, 9.17) is 10.2 Å². The molecule has 11 heavy (non-hydrogen) atoms. The summed E-state index contributed by atoms with van der Waals surface area (Å²) < 4.78 is 0. The van der Waals surface area contributed by atoms with Crippen molar-refractivity contribution in [3.63, 3.8) is 0 Å².